The number of pyridine rings is 1. The Balaban J connectivity index is 1.37. The fraction of sp³-hybridized carbons (Fsp3) is 0.250. The van der Waals surface area contributed by atoms with E-state index in [1.807, 2.05) is 17.5 Å². The van der Waals surface area contributed by atoms with Gasteiger partial charge < -0.3 is 5.32 Å². The van der Waals surface area contributed by atoms with E-state index in [-0.39, 0.29) is 18.1 Å². The fourth-order valence-electron chi connectivity index (χ4n) is 2.61. The second-order valence-corrected chi connectivity index (χ2v) is 7.91. The number of nitrogens with zero attached hydrogens (tertiary/aromatic N) is 2. The third-order valence-electron chi connectivity index (χ3n) is 4.05. The summed E-state index contributed by atoms with van der Waals surface area (Å²) >= 11 is 4.85. The van der Waals surface area contributed by atoms with Crippen LogP contribution in [0.5, 0.6) is 0 Å². The molecule has 27 heavy (non-hydrogen) atoms. The van der Waals surface area contributed by atoms with Crippen LogP contribution in [0, 0.1) is 5.82 Å². The Morgan fingerprint density at radius 2 is 2.00 bits per heavy atom. The minimum Gasteiger partial charge on any atom is -0.356 e. The van der Waals surface area contributed by atoms with Crippen molar-refractivity contribution in [2.24, 2.45) is 0 Å². The smallest absolute Gasteiger partial charge is 0.220 e. The van der Waals surface area contributed by atoms with E-state index in [9.17, 15) is 9.18 Å². The van der Waals surface area contributed by atoms with Gasteiger partial charge in [0.2, 0.25) is 5.91 Å². The monoisotopic (exact) mass is 447 g/mol. The van der Waals surface area contributed by atoms with Gasteiger partial charge in [-0.1, -0.05) is 22.0 Å². The molecule has 0 spiro atoms. The highest BCUT2D eigenvalue weighted by Crippen LogP contribution is 2.21. The Labute approximate surface area is 170 Å². The molecule has 1 N–H and O–H groups in total. The maximum absolute atomic E-state index is 13.7. The summed E-state index contributed by atoms with van der Waals surface area (Å²) in [6, 6.07) is 8.78. The van der Waals surface area contributed by atoms with Crippen LogP contribution < -0.4 is 5.32 Å². The Hall–Kier alpha value is -2.12. The predicted molar refractivity (Wildman–Crippen MR) is 109 cm³/mol. The Morgan fingerprint density at radius 3 is 2.78 bits per heavy atom. The van der Waals surface area contributed by atoms with Crippen molar-refractivity contribution < 1.29 is 9.18 Å². The van der Waals surface area contributed by atoms with Crippen molar-refractivity contribution in [2.45, 2.75) is 25.7 Å². The lowest BCUT2D eigenvalue weighted by Crippen LogP contribution is -2.25. The van der Waals surface area contributed by atoms with Crippen molar-refractivity contribution in [1.29, 1.82) is 0 Å². The number of carbonyl (C=O) groups excluding carboxylic acids is 1. The second kappa shape index (κ2) is 9.71. The first-order valence-corrected chi connectivity index (χ1v) is 10.3. The highest BCUT2D eigenvalue weighted by atomic mass is 79.9. The molecule has 0 atom stereocenters. The number of aromatic nitrogens is 2. The Bertz CT molecular complexity index is 901. The van der Waals surface area contributed by atoms with Gasteiger partial charge in [-0.2, -0.15) is 0 Å². The number of benzene rings is 1. The molecule has 0 aliphatic heterocycles. The molecule has 0 saturated heterocycles. The SMILES string of the molecule is O=C(CCc1ccc(Br)cc1F)NCCCc1nc(-c2ccncc2)cs1. The number of halogens is 2. The number of nitrogens with one attached hydrogen (secondary N) is 1. The normalized spacial score (nSPS) is 10.7. The van der Waals surface area contributed by atoms with Crippen LogP contribution in [0.1, 0.15) is 23.4 Å². The topological polar surface area (TPSA) is 54.9 Å². The van der Waals surface area contributed by atoms with Gasteiger partial charge in [-0.15, -0.1) is 11.3 Å². The number of aryl methyl sites for hydroxylation is 2. The average Bonchev–Trinajstić information content (AvgIpc) is 3.14. The number of hydrogen-bond acceptors (Lipinski definition) is 4. The van der Waals surface area contributed by atoms with Gasteiger partial charge in [-0.3, -0.25) is 9.78 Å². The third kappa shape index (κ3) is 5.94. The van der Waals surface area contributed by atoms with Gasteiger partial charge >= 0.3 is 0 Å². The predicted octanol–water partition coefficient (Wildman–Crippen LogP) is 4.79. The largest absolute Gasteiger partial charge is 0.356 e. The van der Waals surface area contributed by atoms with Gasteiger partial charge in [0, 0.05) is 47.2 Å². The van der Waals surface area contributed by atoms with Crippen molar-refractivity contribution in [3.63, 3.8) is 0 Å². The molecule has 140 valence electrons. The van der Waals surface area contributed by atoms with Crippen LogP contribution in [0.2, 0.25) is 0 Å². The van der Waals surface area contributed by atoms with Gasteiger partial charge in [0.15, 0.2) is 0 Å². The van der Waals surface area contributed by atoms with Crippen LogP contribution in [0.4, 0.5) is 4.39 Å². The molecular weight excluding hydrogens is 429 g/mol. The quantitative estimate of drug-likeness (QED) is 0.505. The first kappa shape index (κ1) is 19.6. The summed E-state index contributed by atoms with van der Waals surface area (Å²) in [4.78, 5) is 20.6. The van der Waals surface area contributed by atoms with Crippen LogP contribution in [0.15, 0.2) is 52.6 Å². The van der Waals surface area contributed by atoms with Crippen molar-refractivity contribution in [3.8, 4) is 11.3 Å². The van der Waals surface area contributed by atoms with E-state index in [2.05, 4.69) is 31.2 Å². The van der Waals surface area contributed by atoms with Gasteiger partial charge in [0.1, 0.15) is 5.82 Å². The minimum atomic E-state index is -0.286. The molecule has 0 aliphatic carbocycles. The van der Waals surface area contributed by atoms with Crippen molar-refractivity contribution in [1.82, 2.24) is 15.3 Å². The molecule has 3 rings (SSSR count). The summed E-state index contributed by atoms with van der Waals surface area (Å²) in [5.74, 6) is -0.347. The maximum atomic E-state index is 13.7. The number of thiazole rings is 1. The van der Waals surface area contributed by atoms with E-state index < -0.39 is 0 Å². The van der Waals surface area contributed by atoms with Gasteiger partial charge in [0.05, 0.1) is 10.7 Å². The second-order valence-electron chi connectivity index (χ2n) is 6.05. The van der Waals surface area contributed by atoms with Crippen LogP contribution in [0.25, 0.3) is 11.3 Å². The van der Waals surface area contributed by atoms with Crippen LogP contribution in [-0.2, 0) is 17.6 Å². The standard InChI is InChI=1S/C20H19BrFN3OS/c21-16-5-3-14(17(22)12-16)4-6-19(26)24-9-1-2-20-25-18(13-27-20)15-7-10-23-11-8-15/h3,5,7-8,10-13H,1-2,4,6,9H2,(H,24,26). The average molecular weight is 448 g/mol. The lowest BCUT2D eigenvalue weighted by molar-refractivity contribution is -0.121. The fourth-order valence-corrected chi connectivity index (χ4v) is 3.79. The molecule has 1 aromatic carbocycles. The summed E-state index contributed by atoms with van der Waals surface area (Å²) in [6.45, 7) is 0.589. The first-order valence-electron chi connectivity index (χ1n) is 8.67. The van der Waals surface area contributed by atoms with E-state index in [1.165, 1.54) is 6.07 Å². The summed E-state index contributed by atoms with van der Waals surface area (Å²) in [5.41, 5.74) is 2.57. The lowest BCUT2D eigenvalue weighted by Gasteiger charge is -2.06. The summed E-state index contributed by atoms with van der Waals surface area (Å²) in [7, 11) is 0. The summed E-state index contributed by atoms with van der Waals surface area (Å²) < 4.78 is 14.4. The van der Waals surface area contributed by atoms with E-state index in [1.54, 1.807) is 35.9 Å². The zero-order chi connectivity index (χ0) is 19.1. The van der Waals surface area contributed by atoms with Crippen LogP contribution >= 0.6 is 27.3 Å². The van der Waals surface area contributed by atoms with Crippen LogP contribution in [0.3, 0.4) is 0 Å². The minimum absolute atomic E-state index is 0.0612. The molecule has 0 radical (unpaired) electrons. The molecule has 0 fully saturated rings. The molecule has 0 aliphatic rings. The van der Waals surface area contributed by atoms with Crippen molar-refractivity contribution in [3.05, 3.63) is 69.0 Å². The zero-order valence-corrected chi connectivity index (χ0v) is 17.0. The molecule has 0 bridgehead atoms. The number of amides is 1. The molecule has 1 amide bonds. The third-order valence-corrected chi connectivity index (χ3v) is 5.46. The molecule has 0 unspecified atom stereocenters. The molecule has 0 saturated carbocycles. The molecule has 2 aromatic heterocycles. The maximum Gasteiger partial charge on any atom is 0.220 e. The zero-order valence-electron chi connectivity index (χ0n) is 14.6. The molecule has 2 heterocycles. The molecule has 7 heteroatoms. The highest BCUT2D eigenvalue weighted by molar-refractivity contribution is 9.10. The number of carbonyl (C=O) groups is 1. The first-order chi connectivity index (χ1) is 13.1. The number of rotatable bonds is 8. The summed E-state index contributed by atoms with van der Waals surface area (Å²) in [5, 5.41) is 5.98. The molecule has 3 aromatic rings. The summed E-state index contributed by atoms with van der Waals surface area (Å²) in [6.07, 6.45) is 5.82. The van der Waals surface area contributed by atoms with Crippen molar-refractivity contribution >= 4 is 33.2 Å². The highest BCUT2D eigenvalue weighted by Gasteiger charge is 2.08. The van der Waals surface area contributed by atoms with E-state index in [0.29, 0.717) is 23.0 Å². The van der Waals surface area contributed by atoms with E-state index in [4.69, 9.17) is 0 Å². The van der Waals surface area contributed by atoms with E-state index in [0.717, 1.165) is 29.1 Å². The van der Waals surface area contributed by atoms with E-state index >= 15 is 0 Å². The lowest BCUT2D eigenvalue weighted by atomic mass is 10.1. The van der Waals surface area contributed by atoms with Gasteiger partial charge in [-0.25, -0.2) is 9.37 Å². The van der Waals surface area contributed by atoms with Gasteiger partial charge in [0.25, 0.3) is 0 Å². The molecule has 4 nitrogen and oxygen atoms in total. The van der Waals surface area contributed by atoms with Crippen LogP contribution in [-0.4, -0.2) is 22.4 Å². The van der Waals surface area contributed by atoms with Gasteiger partial charge in [-0.05, 0) is 42.7 Å². The van der Waals surface area contributed by atoms with Crippen molar-refractivity contribution in [2.75, 3.05) is 6.54 Å². The Kier molecular flexibility index (Phi) is 7.06. The number of hydrogen-bond donors (Lipinski definition) is 1. The Morgan fingerprint density at radius 1 is 1.19 bits per heavy atom. The molecular formula is C20H19BrFN3OS.